The van der Waals surface area contributed by atoms with Gasteiger partial charge in [0.1, 0.15) is 5.82 Å². The summed E-state index contributed by atoms with van der Waals surface area (Å²) in [6.45, 7) is 8.47. The van der Waals surface area contributed by atoms with Crippen LogP contribution in [0.2, 0.25) is 0 Å². The fourth-order valence-corrected chi connectivity index (χ4v) is 2.78. The normalized spacial score (nSPS) is 22.0. The Morgan fingerprint density at radius 1 is 1.36 bits per heavy atom. The first kappa shape index (κ1) is 18.9. The number of halogens is 2. The third-order valence-electron chi connectivity index (χ3n) is 3.73. The van der Waals surface area contributed by atoms with Crippen LogP contribution in [0.4, 0.5) is 4.39 Å². The summed E-state index contributed by atoms with van der Waals surface area (Å²) in [6, 6.07) is 5.84. The minimum absolute atomic E-state index is 0. The molecule has 2 unspecified atom stereocenters. The summed E-state index contributed by atoms with van der Waals surface area (Å²) in [4.78, 5) is 14.1. The molecule has 2 rings (SSSR count). The van der Waals surface area contributed by atoms with E-state index in [1.54, 1.807) is 13.0 Å². The molecule has 0 saturated carbocycles. The van der Waals surface area contributed by atoms with Crippen LogP contribution in [0.5, 0.6) is 0 Å². The van der Waals surface area contributed by atoms with E-state index in [1.807, 2.05) is 6.07 Å². The third kappa shape index (κ3) is 5.55. The summed E-state index contributed by atoms with van der Waals surface area (Å²) in [7, 11) is 0. The van der Waals surface area contributed by atoms with E-state index >= 15 is 0 Å². The first-order valence-corrected chi connectivity index (χ1v) is 7.44. The van der Waals surface area contributed by atoms with Gasteiger partial charge < -0.3 is 10.6 Å². The van der Waals surface area contributed by atoms with Crippen molar-refractivity contribution >= 4 is 18.3 Å². The highest BCUT2D eigenvalue weighted by Gasteiger charge is 2.22. The largest absolute Gasteiger partial charge is 0.351 e. The lowest BCUT2D eigenvalue weighted by molar-refractivity contribution is -0.122. The number of aryl methyl sites for hydroxylation is 1. The van der Waals surface area contributed by atoms with Gasteiger partial charge in [-0.3, -0.25) is 9.69 Å². The van der Waals surface area contributed by atoms with Crippen molar-refractivity contribution in [2.24, 2.45) is 0 Å². The number of rotatable bonds is 4. The maximum atomic E-state index is 13.4. The summed E-state index contributed by atoms with van der Waals surface area (Å²) in [5, 5.41) is 6.29. The van der Waals surface area contributed by atoms with E-state index in [-0.39, 0.29) is 24.1 Å². The standard InChI is InChI=1S/C16H24FN3O.ClH/c1-11-4-5-14(6-15(11)17)7-18-16(21)10-20-8-12(2)19-13(3)9-20;/h4-6,12-13,19H,7-10H2,1-3H3,(H,18,21);1H. The molecular formula is C16H25ClFN3O. The van der Waals surface area contributed by atoms with E-state index in [2.05, 4.69) is 29.4 Å². The Balaban J connectivity index is 0.00000242. The summed E-state index contributed by atoms with van der Waals surface area (Å²) < 4.78 is 13.4. The number of benzene rings is 1. The van der Waals surface area contributed by atoms with Crippen molar-refractivity contribution in [1.82, 2.24) is 15.5 Å². The topological polar surface area (TPSA) is 44.4 Å². The maximum absolute atomic E-state index is 13.4. The zero-order valence-electron chi connectivity index (χ0n) is 13.4. The van der Waals surface area contributed by atoms with Gasteiger partial charge >= 0.3 is 0 Å². The van der Waals surface area contributed by atoms with Crippen LogP contribution in [0.1, 0.15) is 25.0 Å². The molecule has 124 valence electrons. The predicted molar refractivity (Wildman–Crippen MR) is 88.7 cm³/mol. The molecular weight excluding hydrogens is 305 g/mol. The lowest BCUT2D eigenvalue weighted by Crippen LogP contribution is -2.56. The van der Waals surface area contributed by atoms with Gasteiger partial charge in [0.25, 0.3) is 0 Å². The maximum Gasteiger partial charge on any atom is 0.234 e. The zero-order chi connectivity index (χ0) is 15.4. The van der Waals surface area contributed by atoms with Crippen molar-refractivity contribution in [3.8, 4) is 0 Å². The molecule has 0 radical (unpaired) electrons. The molecule has 1 aliphatic heterocycles. The van der Waals surface area contributed by atoms with Crippen molar-refractivity contribution < 1.29 is 9.18 Å². The van der Waals surface area contributed by atoms with E-state index in [9.17, 15) is 9.18 Å². The van der Waals surface area contributed by atoms with Crippen molar-refractivity contribution in [1.29, 1.82) is 0 Å². The lowest BCUT2D eigenvalue weighted by Gasteiger charge is -2.35. The van der Waals surface area contributed by atoms with Gasteiger partial charge in [-0.1, -0.05) is 12.1 Å². The highest BCUT2D eigenvalue weighted by molar-refractivity contribution is 5.85. The number of hydrogen-bond acceptors (Lipinski definition) is 3. The quantitative estimate of drug-likeness (QED) is 0.886. The minimum atomic E-state index is -0.230. The predicted octanol–water partition coefficient (Wildman–Crippen LogP) is 1.85. The van der Waals surface area contributed by atoms with Crippen molar-refractivity contribution in [3.05, 3.63) is 35.1 Å². The molecule has 2 atom stereocenters. The van der Waals surface area contributed by atoms with E-state index < -0.39 is 0 Å². The van der Waals surface area contributed by atoms with Gasteiger partial charge in [-0.05, 0) is 38.0 Å². The molecule has 0 aromatic heterocycles. The van der Waals surface area contributed by atoms with Crippen molar-refractivity contribution in [2.45, 2.75) is 39.4 Å². The highest BCUT2D eigenvalue weighted by Crippen LogP contribution is 2.09. The molecule has 1 aromatic rings. The molecule has 1 aromatic carbocycles. The molecule has 6 heteroatoms. The first-order chi connectivity index (χ1) is 9.94. The third-order valence-corrected chi connectivity index (χ3v) is 3.73. The summed E-state index contributed by atoms with van der Waals surface area (Å²) in [5.41, 5.74) is 1.40. The molecule has 0 bridgehead atoms. The van der Waals surface area contributed by atoms with E-state index in [0.29, 0.717) is 30.7 Å². The monoisotopic (exact) mass is 329 g/mol. The van der Waals surface area contributed by atoms with Gasteiger partial charge in [-0.15, -0.1) is 12.4 Å². The van der Waals surface area contributed by atoms with Gasteiger partial charge in [0.2, 0.25) is 5.91 Å². The second kappa shape index (κ2) is 8.46. The van der Waals surface area contributed by atoms with Gasteiger partial charge in [0.15, 0.2) is 0 Å². The molecule has 1 fully saturated rings. The smallest absolute Gasteiger partial charge is 0.234 e. The van der Waals surface area contributed by atoms with Gasteiger partial charge in [0.05, 0.1) is 6.54 Å². The minimum Gasteiger partial charge on any atom is -0.351 e. The molecule has 1 heterocycles. The van der Waals surface area contributed by atoms with Crippen LogP contribution in [0, 0.1) is 12.7 Å². The molecule has 4 nitrogen and oxygen atoms in total. The van der Waals surface area contributed by atoms with Crippen molar-refractivity contribution in [2.75, 3.05) is 19.6 Å². The molecule has 2 N–H and O–H groups in total. The SMILES string of the molecule is Cc1ccc(CNC(=O)CN2CC(C)NC(C)C2)cc1F.Cl. The number of carbonyl (C=O) groups is 1. The summed E-state index contributed by atoms with van der Waals surface area (Å²) in [6.07, 6.45) is 0. The molecule has 1 aliphatic rings. The Bertz CT molecular complexity index is 502. The first-order valence-electron chi connectivity index (χ1n) is 7.44. The molecule has 1 amide bonds. The van der Waals surface area contributed by atoms with Crippen LogP contribution >= 0.6 is 12.4 Å². The highest BCUT2D eigenvalue weighted by atomic mass is 35.5. The molecule has 22 heavy (non-hydrogen) atoms. The number of hydrogen-bond donors (Lipinski definition) is 2. The Labute approximate surface area is 137 Å². The van der Waals surface area contributed by atoms with Crippen molar-refractivity contribution in [3.63, 3.8) is 0 Å². The molecule has 0 aliphatic carbocycles. The number of nitrogens with one attached hydrogen (secondary N) is 2. The zero-order valence-corrected chi connectivity index (χ0v) is 14.2. The van der Waals surface area contributed by atoms with E-state index in [1.165, 1.54) is 6.07 Å². The Morgan fingerprint density at radius 3 is 2.59 bits per heavy atom. The van der Waals surface area contributed by atoms with Gasteiger partial charge in [-0.2, -0.15) is 0 Å². The van der Waals surface area contributed by atoms with Gasteiger partial charge in [0, 0.05) is 31.7 Å². The van der Waals surface area contributed by atoms with Crippen LogP contribution in [-0.2, 0) is 11.3 Å². The average molecular weight is 330 g/mol. The van der Waals surface area contributed by atoms with E-state index in [4.69, 9.17) is 0 Å². The number of nitrogens with zero attached hydrogens (tertiary/aromatic N) is 1. The Hall–Kier alpha value is -1.17. The number of carbonyl (C=O) groups excluding carboxylic acids is 1. The number of amides is 1. The van der Waals surface area contributed by atoms with Crippen LogP contribution < -0.4 is 10.6 Å². The molecule has 0 spiro atoms. The summed E-state index contributed by atoms with van der Waals surface area (Å²) in [5.74, 6) is -0.246. The number of piperazine rings is 1. The van der Waals surface area contributed by atoms with Crippen LogP contribution in [0.25, 0.3) is 0 Å². The Kier molecular flexibility index (Phi) is 7.26. The lowest BCUT2D eigenvalue weighted by atomic mass is 10.1. The fraction of sp³-hybridized carbons (Fsp3) is 0.562. The van der Waals surface area contributed by atoms with Crippen LogP contribution in [0.3, 0.4) is 0 Å². The van der Waals surface area contributed by atoms with Crippen LogP contribution in [-0.4, -0.2) is 42.5 Å². The fourth-order valence-electron chi connectivity index (χ4n) is 2.78. The second-order valence-corrected chi connectivity index (χ2v) is 6.02. The van der Waals surface area contributed by atoms with Crippen LogP contribution in [0.15, 0.2) is 18.2 Å². The van der Waals surface area contributed by atoms with Gasteiger partial charge in [-0.25, -0.2) is 4.39 Å². The molecule has 1 saturated heterocycles. The second-order valence-electron chi connectivity index (χ2n) is 6.02. The average Bonchev–Trinajstić information content (AvgIpc) is 2.39. The summed E-state index contributed by atoms with van der Waals surface area (Å²) >= 11 is 0. The van der Waals surface area contributed by atoms with E-state index in [0.717, 1.165) is 18.7 Å². The Morgan fingerprint density at radius 2 is 2.00 bits per heavy atom.